The van der Waals surface area contributed by atoms with Gasteiger partial charge in [0.2, 0.25) is 0 Å². The minimum Gasteiger partial charge on any atom is -0.497 e. The minimum absolute atomic E-state index is 0.237. The number of nitrogens with zero attached hydrogens (tertiary/aromatic N) is 3. The number of hydrogen-bond donors (Lipinski definition) is 1. The van der Waals surface area contributed by atoms with Crippen LogP contribution in [-0.4, -0.2) is 45.2 Å². The van der Waals surface area contributed by atoms with E-state index in [1.807, 2.05) is 24.3 Å². The summed E-state index contributed by atoms with van der Waals surface area (Å²) in [7, 11) is 1.59. The molecule has 1 N–H and O–H groups in total. The number of aliphatic imine (C=N–C) groups is 1. The molecule has 154 valence electrons. The maximum Gasteiger partial charge on any atom is 0.305 e. The van der Waals surface area contributed by atoms with Crippen LogP contribution in [0.4, 0.5) is 4.39 Å². The molecule has 1 amide bonds. The van der Waals surface area contributed by atoms with Gasteiger partial charge >= 0.3 is 5.97 Å². The molecule has 9 heteroatoms. The number of hydrazone groups is 1. The van der Waals surface area contributed by atoms with E-state index in [1.54, 1.807) is 24.3 Å². The van der Waals surface area contributed by atoms with E-state index in [0.29, 0.717) is 17.3 Å². The average Bonchev–Trinajstić information content (AvgIpc) is 3.32. The lowest BCUT2D eigenvalue weighted by molar-refractivity contribution is -0.138. The molecule has 0 spiro atoms. The van der Waals surface area contributed by atoms with E-state index in [0.717, 1.165) is 28.6 Å². The molecule has 0 aliphatic carbocycles. The quantitative estimate of drug-likeness (QED) is 0.786. The lowest BCUT2D eigenvalue weighted by atomic mass is 9.98. The summed E-state index contributed by atoms with van der Waals surface area (Å²) in [6, 6.07) is 13.3. The number of aliphatic carboxylic acids is 1. The highest BCUT2D eigenvalue weighted by atomic mass is 32.2. The molecule has 0 saturated heterocycles. The number of rotatable bonds is 5. The average molecular weight is 427 g/mol. The summed E-state index contributed by atoms with van der Waals surface area (Å²) < 4.78 is 18.5. The van der Waals surface area contributed by atoms with Crippen molar-refractivity contribution in [1.82, 2.24) is 5.01 Å². The van der Waals surface area contributed by atoms with Gasteiger partial charge in [-0.1, -0.05) is 36.0 Å². The summed E-state index contributed by atoms with van der Waals surface area (Å²) in [5.41, 5.74) is 2.44. The zero-order valence-electron chi connectivity index (χ0n) is 16.0. The second-order valence-electron chi connectivity index (χ2n) is 6.83. The Labute approximate surface area is 176 Å². The molecule has 0 radical (unpaired) electrons. The standard InChI is InChI=1S/C21H18FN3O4S/c1-29-15-8-4-13(5-9-15)17-10-16(12-2-6-14(22)7-3-12)24-25(17)21-23-20(28)18(30-21)11-19(26)27/h2-9,17-18H,10-11H2,1H3,(H,26,27). The third-order valence-corrected chi connectivity index (χ3v) is 6.02. The van der Waals surface area contributed by atoms with Crippen LogP contribution >= 0.6 is 11.8 Å². The lowest BCUT2D eigenvalue weighted by Gasteiger charge is -2.23. The van der Waals surface area contributed by atoms with E-state index < -0.39 is 17.1 Å². The first kappa shape index (κ1) is 20.1. The van der Waals surface area contributed by atoms with E-state index >= 15 is 0 Å². The fourth-order valence-corrected chi connectivity index (χ4v) is 4.40. The first-order valence-corrected chi connectivity index (χ1v) is 10.1. The van der Waals surface area contributed by atoms with Crippen molar-refractivity contribution in [3.8, 4) is 5.75 Å². The van der Waals surface area contributed by atoms with Crippen LogP contribution in [0.5, 0.6) is 5.75 Å². The summed E-state index contributed by atoms with van der Waals surface area (Å²) in [5, 5.41) is 15.0. The maximum atomic E-state index is 13.3. The number of halogens is 1. The number of thioether (sulfide) groups is 1. The minimum atomic E-state index is -1.05. The highest BCUT2D eigenvalue weighted by Crippen LogP contribution is 2.38. The van der Waals surface area contributed by atoms with Crippen molar-refractivity contribution < 1.29 is 23.8 Å². The Morgan fingerprint density at radius 3 is 2.57 bits per heavy atom. The summed E-state index contributed by atoms with van der Waals surface area (Å²) in [4.78, 5) is 27.3. The third kappa shape index (κ3) is 4.06. The molecule has 0 saturated carbocycles. The molecule has 2 aliphatic heterocycles. The molecule has 0 bridgehead atoms. The van der Waals surface area contributed by atoms with Crippen LogP contribution < -0.4 is 4.74 Å². The van der Waals surface area contributed by atoms with Crippen LogP contribution in [0.1, 0.15) is 30.0 Å². The number of carboxylic acids is 1. The molecule has 7 nitrogen and oxygen atoms in total. The van der Waals surface area contributed by atoms with Gasteiger partial charge in [0.1, 0.15) is 16.8 Å². The molecule has 4 rings (SSSR count). The molecule has 2 unspecified atom stereocenters. The van der Waals surface area contributed by atoms with Crippen molar-refractivity contribution in [2.45, 2.75) is 24.1 Å². The van der Waals surface area contributed by atoms with Crippen molar-refractivity contribution in [1.29, 1.82) is 0 Å². The zero-order chi connectivity index (χ0) is 21.3. The van der Waals surface area contributed by atoms with Gasteiger partial charge in [-0.2, -0.15) is 10.1 Å². The van der Waals surface area contributed by atoms with Gasteiger partial charge in [-0.25, -0.2) is 9.40 Å². The maximum absolute atomic E-state index is 13.3. The number of benzene rings is 2. The summed E-state index contributed by atoms with van der Waals surface area (Å²) in [6.45, 7) is 0. The predicted molar refractivity (Wildman–Crippen MR) is 111 cm³/mol. The Hall–Kier alpha value is -3.20. The van der Waals surface area contributed by atoms with Gasteiger partial charge in [0, 0.05) is 6.42 Å². The van der Waals surface area contributed by atoms with Gasteiger partial charge in [0.05, 0.1) is 25.3 Å². The smallest absolute Gasteiger partial charge is 0.305 e. The number of amides is 1. The molecule has 2 aromatic rings. The van der Waals surface area contributed by atoms with Crippen LogP contribution in [0.15, 0.2) is 58.6 Å². The number of amidine groups is 1. The molecule has 2 aliphatic rings. The Balaban J connectivity index is 1.66. The Bertz CT molecular complexity index is 1040. The molecule has 2 atom stereocenters. The Morgan fingerprint density at radius 1 is 1.23 bits per heavy atom. The fourth-order valence-electron chi connectivity index (χ4n) is 3.35. The van der Waals surface area contributed by atoms with Gasteiger partial charge in [0.25, 0.3) is 5.91 Å². The van der Waals surface area contributed by atoms with Crippen LogP contribution in [0, 0.1) is 5.82 Å². The topological polar surface area (TPSA) is 91.6 Å². The van der Waals surface area contributed by atoms with E-state index in [-0.39, 0.29) is 18.3 Å². The van der Waals surface area contributed by atoms with Crippen LogP contribution in [0.2, 0.25) is 0 Å². The normalized spacial score (nSPS) is 20.9. The zero-order valence-corrected chi connectivity index (χ0v) is 16.8. The molecular formula is C21H18FN3O4S. The van der Waals surface area contributed by atoms with Crippen molar-refractivity contribution in [3.63, 3.8) is 0 Å². The number of methoxy groups -OCH3 is 1. The van der Waals surface area contributed by atoms with Crippen molar-refractivity contribution in [3.05, 3.63) is 65.5 Å². The van der Waals surface area contributed by atoms with E-state index in [4.69, 9.17) is 9.84 Å². The van der Waals surface area contributed by atoms with Crippen LogP contribution in [0.25, 0.3) is 0 Å². The van der Waals surface area contributed by atoms with Crippen LogP contribution in [-0.2, 0) is 9.59 Å². The van der Waals surface area contributed by atoms with Crippen molar-refractivity contribution in [2.24, 2.45) is 10.1 Å². The van der Waals surface area contributed by atoms with Gasteiger partial charge in [-0.05, 0) is 35.4 Å². The van der Waals surface area contributed by atoms with Crippen molar-refractivity contribution in [2.75, 3.05) is 7.11 Å². The Kier molecular flexibility index (Phi) is 5.54. The van der Waals surface area contributed by atoms with E-state index in [1.165, 1.54) is 12.1 Å². The molecular weight excluding hydrogens is 409 g/mol. The van der Waals surface area contributed by atoms with Gasteiger partial charge in [0.15, 0.2) is 5.17 Å². The number of carbonyl (C=O) groups excluding carboxylic acids is 1. The van der Waals surface area contributed by atoms with Gasteiger partial charge in [-0.15, -0.1) is 0 Å². The summed E-state index contributed by atoms with van der Waals surface area (Å²) >= 11 is 1.10. The molecule has 2 heterocycles. The summed E-state index contributed by atoms with van der Waals surface area (Å²) in [6.07, 6.45) is 0.224. The van der Waals surface area contributed by atoms with E-state index in [2.05, 4.69) is 10.1 Å². The molecule has 0 aromatic heterocycles. The van der Waals surface area contributed by atoms with Gasteiger partial charge < -0.3 is 9.84 Å². The highest BCUT2D eigenvalue weighted by Gasteiger charge is 2.39. The fraction of sp³-hybridized carbons (Fsp3) is 0.238. The predicted octanol–water partition coefficient (Wildman–Crippen LogP) is 3.46. The SMILES string of the molecule is COc1ccc(C2CC(c3ccc(F)cc3)=NN2C2=NC(=O)C(CC(=O)O)S2)cc1. The second kappa shape index (κ2) is 8.27. The number of carboxylic acid groups (broad SMARTS) is 1. The monoisotopic (exact) mass is 427 g/mol. The lowest BCUT2D eigenvalue weighted by Crippen LogP contribution is -2.24. The molecule has 0 fully saturated rings. The van der Waals surface area contributed by atoms with Gasteiger partial charge in [-0.3, -0.25) is 9.59 Å². The first-order valence-electron chi connectivity index (χ1n) is 9.22. The van der Waals surface area contributed by atoms with E-state index in [9.17, 15) is 14.0 Å². The highest BCUT2D eigenvalue weighted by molar-refractivity contribution is 8.15. The second-order valence-corrected chi connectivity index (χ2v) is 8.00. The number of carbonyl (C=O) groups is 2. The third-order valence-electron chi connectivity index (χ3n) is 4.87. The van der Waals surface area contributed by atoms with Crippen molar-refractivity contribution >= 4 is 34.5 Å². The van der Waals surface area contributed by atoms with Crippen LogP contribution in [0.3, 0.4) is 0 Å². The number of ether oxygens (including phenoxy) is 1. The molecule has 30 heavy (non-hydrogen) atoms. The Morgan fingerprint density at radius 2 is 1.93 bits per heavy atom. The first-order chi connectivity index (χ1) is 14.4. The largest absolute Gasteiger partial charge is 0.497 e. The summed E-state index contributed by atoms with van der Waals surface area (Å²) in [5.74, 6) is -1.15. The molecule has 2 aromatic carbocycles. The number of hydrogen-bond acceptors (Lipinski definition) is 6.